The summed E-state index contributed by atoms with van der Waals surface area (Å²) < 4.78 is 0. The molecule has 0 heterocycles. The van der Waals surface area contributed by atoms with Gasteiger partial charge in [-0.25, -0.2) is 0 Å². The molecule has 0 radical (unpaired) electrons. The fourth-order valence-electron chi connectivity index (χ4n) is 2.09. The number of rotatable bonds is 6. The lowest BCUT2D eigenvalue weighted by Crippen LogP contribution is -2.32. The third kappa shape index (κ3) is 5.21. The molecular weight excluding hydrogens is 284 g/mol. The van der Waals surface area contributed by atoms with Crippen molar-refractivity contribution < 1.29 is 4.79 Å². The van der Waals surface area contributed by atoms with Crippen LogP contribution in [0.2, 0.25) is 5.02 Å². The van der Waals surface area contributed by atoms with Gasteiger partial charge in [0, 0.05) is 17.3 Å². The number of benzene rings is 2. The van der Waals surface area contributed by atoms with Gasteiger partial charge in [0.15, 0.2) is 0 Å². The predicted octanol–water partition coefficient (Wildman–Crippen LogP) is 3.80. The van der Waals surface area contributed by atoms with Gasteiger partial charge in [0.25, 0.3) is 0 Å². The maximum Gasteiger partial charge on any atom is 0.238 e. The molecule has 0 fully saturated rings. The second-order valence-corrected chi connectivity index (χ2v) is 5.28. The van der Waals surface area contributed by atoms with E-state index in [-0.39, 0.29) is 5.91 Å². The molecule has 1 amide bonds. The average molecular weight is 303 g/mol. The molecule has 0 aliphatic rings. The summed E-state index contributed by atoms with van der Waals surface area (Å²) in [5, 5.41) is 3.48. The van der Waals surface area contributed by atoms with Crippen LogP contribution in [0.5, 0.6) is 0 Å². The molecule has 0 aliphatic heterocycles. The lowest BCUT2D eigenvalue weighted by molar-refractivity contribution is -0.117. The maximum atomic E-state index is 12.1. The van der Waals surface area contributed by atoms with Crippen molar-refractivity contribution in [2.45, 2.75) is 13.5 Å². The minimum absolute atomic E-state index is 0.0324. The number of nitrogens with zero attached hydrogens (tertiary/aromatic N) is 1. The molecule has 0 saturated heterocycles. The first-order valence-corrected chi connectivity index (χ1v) is 7.37. The van der Waals surface area contributed by atoms with Crippen LogP contribution in [0.4, 0.5) is 5.69 Å². The van der Waals surface area contributed by atoms with Gasteiger partial charge in [-0.15, -0.1) is 0 Å². The smallest absolute Gasteiger partial charge is 0.238 e. The van der Waals surface area contributed by atoms with Crippen molar-refractivity contribution in [1.29, 1.82) is 0 Å². The zero-order valence-electron chi connectivity index (χ0n) is 12.1. The summed E-state index contributed by atoms with van der Waals surface area (Å²) in [6, 6.07) is 17.3. The molecule has 0 spiro atoms. The molecule has 4 heteroatoms. The van der Waals surface area contributed by atoms with E-state index in [2.05, 4.69) is 29.3 Å². The largest absolute Gasteiger partial charge is 0.325 e. The number of likely N-dealkylation sites (N-methyl/N-ethyl adjacent to an activating group) is 1. The second kappa shape index (κ2) is 7.81. The normalized spacial score (nSPS) is 10.6. The quantitative estimate of drug-likeness (QED) is 0.880. The molecule has 0 atom stereocenters. The average Bonchev–Trinajstić information content (AvgIpc) is 2.47. The summed E-state index contributed by atoms with van der Waals surface area (Å²) in [5.74, 6) is -0.0324. The number of nitrogens with one attached hydrogen (secondary N) is 1. The van der Waals surface area contributed by atoms with Crippen LogP contribution in [-0.4, -0.2) is 23.9 Å². The Morgan fingerprint density at radius 3 is 2.57 bits per heavy atom. The molecule has 0 saturated carbocycles. The van der Waals surface area contributed by atoms with Crippen LogP contribution in [0, 0.1) is 0 Å². The first kappa shape index (κ1) is 15.5. The van der Waals surface area contributed by atoms with Crippen LogP contribution >= 0.6 is 11.6 Å². The van der Waals surface area contributed by atoms with E-state index < -0.39 is 0 Å². The van der Waals surface area contributed by atoms with Crippen molar-refractivity contribution in [3.63, 3.8) is 0 Å². The molecule has 0 unspecified atom stereocenters. The van der Waals surface area contributed by atoms with Crippen molar-refractivity contribution in [2.75, 3.05) is 18.4 Å². The molecule has 0 bridgehead atoms. The lowest BCUT2D eigenvalue weighted by atomic mass is 10.2. The maximum absolute atomic E-state index is 12.1. The Hall–Kier alpha value is -1.84. The zero-order valence-corrected chi connectivity index (χ0v) is 12.8. The van der Waals surface area contributed by atoms with Gasteiger partial charge in [-0.05, 0) is 30.3 Å². The minimum atomic E-state index is -0.0324. The molecule has 110 valence electrons. The monoisotopic (exact) mass is 302 g/mol. The third-order valence-corrected chi connectivity index (χ3v) is 3.41. The van der Waals surface area contributed by atoms with Gasteiger partial charge >= 0.3 is 0 Å². The first-order valence-electron chi connectivity index (χ1n) is 6.99. The number of hydrogen-bond donors (Lipinski definition) is 1. The summed E-state index contributed by atoms with van der Waals surface area (Å²) >= 11 is 5.91. The number of hydrogen-bond acceptors (Lipinski definition) is 2. The van der Waals surface area contributed by atoms with Gasteiger partial charge < -0.3 is 5.32 Å². The van der Waals surface area contributed by atoms with Crippen LogP contribution in [0.3, 0.4) is 0 Å². The first-order chi connectivity index (χ1) is 10.2. The second-order valence-electron chi connectivity index (χ2n) is 4.85. The Bertz CT molecular complexity index is 586. The van der Waals surface area contributed by atoms with E-state index >= 15 is 0 Å². The molecule has 2 aromatic carbocycles. The highest BCUT2D eigenvalue weighted by atomic mass is 35.5. The van der Waals surface area contributed by atoms with Gasteiger partial charge in [-0.2, -0.15) is 0 Å². The van der Waals surface area contributed by atoms with E-state index in [1.807, 2.05) is 30.3 Å². The van der Waals surface area contributed by atoms with E-state index in [0.717, 1.165) is 18.8 Å². The molecule has 2 rings (SSSR count). The summed E-state index contributed by atoms with van der Waals surface area (Å²) in [7, 11) is 0. The number of anilines is 1. The van der Waals surface area contributed by atoms with Gasteiger partial charge in [-0.3, -0.25) is 9.69 Å². The van der Waals surface area contributed by atoms with Crippen molar-refractivity contribution in [1.82, 2.24) is 4.90 Å². The molecular formula is C17H19ClN2O. The number of halogens is 1. The summed E-state index contributed by atoms with van der Waals surface area (Å²) in [5.41, 5.74) is 1.93. The molecule has 3 nitrogen and oxygen atoms in total. The highest BCUT2D eigenvalue weighted by Gasteiger charge is 2.10. The van der Waals surface area contributed by atoms with Gasteiger partial charge in [0.05, 0.1) is 6.54 Å². The van der Waals surface area contributed by atoms with Crippen molar-refractivity contribution in [3.8, 4) is 0 Å². The van der Waals surface area contributed by atoms with Crippen LogP contribution in [0.25, 0.3) is 0 Å². The highest BCUT2D eigenvalue weighted by molar-refractivity contribution is 6.30. The van der Waals surface area contributed by atoms with E-state index in [9.17, 15) is 4.79 Å². The van der Waals surface area contributed by atoms with Gasteiger partial charge in [-0.1, -0.05) is 54.9 Å². The molecule has 0 aromatic heterocycles. The highest BCUT2D eigenvalue weighted by Crippen LogP contribution is 2.15. The lowest BCUT2D eigenvalue weighted by Gasteiger charge is -2.20. The standard InChI is InChI=1S/C17H19ClN2O/c1-2-20(12-14-7-4-3-5-8-14)13-17(21)19-16-10-6-9-15(18)11-16/h3-11H,2,12-13H2,1H3,(H,19,21). The molecule has 0 aliphatic carbocycles. The fraction of sp³-hybridized carbons (Fsp3) is 0.235. The van der Waals surface area contributed by atoms with Crippen LogP contribution < -0.4 is 5.32 Å². The number of carbonyl (C=O) groups excluding carboxylic acids is 1. The third-order valence-electron chi connectivity index (χ3n) is 3.17. The van der Waals surface area contributed by atoms with E-state index in [4.69, 9.17) is 11.6 Å². The van der Waals surface area contributed by atoms with Crippen LogP contribution in [0.1, 0.15) is 12.5 Å². The number of carbonyl (C=O) groups is 1. The van der Waals surface area contributed by atoms with Crippen LogP contribution in [-0.2, 0) is 11.3 Å². The predicted molar refractivity (Wildman–Crippen MR) is 87.5 cm³/mol. The van der Waals surface area contributed by atoms with Crippen molar-refractivity contribution in [3.05, 3.63) is 65.2 Å². The Morgan fingerprint density at radius 1 is 1.14 bits per heavy atom. The zero-order chi connectivity index (χ0) is 15.1. The Labute approximate surface area is 130 Å². The van der Waals surface area contributed by atoms with Crippen molar-refractivity contribution >= 4 is 23.2 Å². The summed E-state index contributed by atoms with van der Waals surface area (Å²) in [6.45, 7) is 3.99. The van der Waals surface area contributed by atoms with Crippen molar-refractivity contribution in [2.24, 2.45) is 0 Å². The number of amides is 1. The SMILES string of the molecule is CCN(CC(=O)Nc1cccc(Cl)c1)Cc1ccccc1. The Morgan fingerprint density at radius 2 is 1.90 bits per heavy atom. The van der Waals surface area contributed by atoms with E-state index in [0.29, 0.717) is 11.6 Å². The van der Waals surface area contributed by atoms with Gasteiger partial charge in [0.1, 0.15) is 0 Å². The Balaban J connectivity index is 1.90. The fourth-order valence-corrected chi connectivity index (χ4v) is 2.28. The summed E-state index contributed by atoms with van der Waals surface area (Å²) in [6.07, 6.45) is 0. The topological polar surface area (TPSA) is 32.3 Å². The summed E-state index contributed by atoms with van der Waals surface area (Å²) in [4.78, 5) is 14.2. The molecule has 1 N–H and O–H groups in total. The Kier molecular flexibility index (Phi) is 5.78. The molecule has 21 heavy (non-hydrogen) atoms. The van der Waals surface area contributed by atoms with E-state index in [1.165, 1.54) is 5.56 Å². The van der Waals surface area contributed by atoms with Gasteiger partial charge in [0.2, 0.25) is 5.91 Å². The van der Waals surface area contributed by atoms with Crippen LogP contribution in [0.15, 0.2) is 54.6 Å². The molecule has 2 aromatic rings. The minimum Gasteiger partial charge on any atom is -0.325 e. The van der Waals surface area contributed by atoms with E-state index in [1.54, 1.807) is 12.1 Å².